The monoisotopic (exact) mass is 297 g/mol. The Hall–Kier alpha value is -2.43. The molecule has 1 amide bonds. The maximum absolute atomic E-state index is 12.3. The van der Waals surface area contributed by atoms with Gasteiger partial charge in [-0.05, 0) is 55.0 Å². The summed E-state index contributed by atoms with van der Waals surface area (Å²) in [7, 11) is 0. The minimum Gasteiger partial charge on any atom is -0.481 e. The largest absolute Gasteiger partial charge is 0.481 e. The number of hydrogen-bond acceptors (Lipinski definition) is 4. The SMILES string of the molecule is CC[C@@H](Oc1ccc2c(c1)CCC2)C(=O)Nc1ncccn1. The molecule has 0 saturated carbocycles. The summed E-state index contributed by atoms with van der Waals surface area (Å²) in [6.45, 7) is 1.92. The van der Waals surface area contributed by atoms with Crippen LogP contribution in [0.15, 0.2) is 36.7 Å². The van der Waals surface area contributed by atoms with Crippen LogP contribution in [-0.2, 0) is 17.6 Å². The quantitative estimate of drug-likeness (QED) is 0.921. The molecule has 3 rings (SSSR count). The smallest absolute Gasteiger partial charge is 0.267 e. The topological polar surface area (TPSA) is 64.1 Å². The maximum atomic E-state index is 12.3. The van der Waals surface area contributed by atoms with Crippen LogP contribution < -0.4 is 10.1 Å². The fourth-order valence-corrected chi connectivity index (χ4v) is 2.66. The molecule has 1 aromatic carbocycles. The van der Waals surface area contributed by atoms with Crippen molar-refractivity contribution in [2.45, 2.75) is 38.7 Å². The van der Waals surface area contributed by atoms with Gasteiger partial charge in [-0.1, -0.05) is 13.0 Å². The third-order valence-corrected chi connectivity index (χ3v) is 3.81. The molecule has 0 aliphatic heterocycles. The molecule has 114 valence electrons. The fourth-order valence-electron chi connectivity index (χ4n) is 2.66. The fraction of sp³-hybridized carbons (Fsp3) is 0.353. The van der Waals surface area contributed by atoms with E-state index in [2.05, 4.69) is 27.4 Å². The zero-order valence-electron chi connectivity index (χ0n) is 12.6. The lowest BCUT2D eigenvalue weighted by atomic mass is 10.1. The Balaban J connectivity index is 1.67. The zero-order chi connectivity index (χ0) is 15.4. The van der Waals surface area contributed by atoms with Gasteiger partial charge in [0.2, 0.25) is 5.95 Å². The predicted octanol–water partition coefficient (Wildman–Crippen LogP) is 2.76. The van der Waals surface area contributed by atoms with Crippen molar-refractivity contribution >= 4 is 11.9 Å². The first-order chi connectivity index (χ1) is 10.8. The van der Waals surface area contributed by atoms with Gasteiger partial charge in [-0.2, -0.15) is 0 Å². The van der Waals surface area contributed by atoms with E-state index in [9.17, 15) is 4.79 Å². The first kappa shape index (κ1) is 14.5. The van der Waals surface area contributed by atoms with E-state index < -0.39 is 6.10 Å². The van der Waals surface area contributed by atoms with Crippen molar-refractivity contribution in [3.8, 4) is 5.75 Å². The molecule has 1 N–H and O–H groups in total. The molecule has 1 heterocycles. The van der Waals surface area contributed by atoms with Gasteiger partial charge in [0.15, 0.2) is 6.10 Å². The highest BCUT2D eigenvalue weighted by molar-refractivity contribution is 5.92. The highest BCUT2D eigenvalue weighted by Crippen LogP contribution is 2.26. The highest BCUT2D eigenvalue weighted by Gasteiger charge is 2.20. The Morgan fingerprint density at radius 1 is 1.27 bits per heavy atom. The molecule has 0 bridgehead atoms. The summed E-state index contributed by atoms with van der Waals surface area (Å²) in [6, 6.07) is 7.80. The van der Waals surface area contributed by atoms with Gasteiger partial charge in [-0.3, -0.25) is 10.1 Å². The van der Waals surface area contributed by atoms with Crippen LogP contribution in [0.2, 0.25) is 0 Å². The van der Waals surface area contributed by atoms with Gasteiger partial charge in [0.05, 0.1) is 0 Å². The number of ether oxygens (including phenoxy) is 1. The number of fused-ring (bicyclic) bond motifs is 1. The standard InChI is InChI=1S/C17H19N3O2/c1-2-15(16(21)20-17-18-9-4-10-19-17)22-14-8-7-12-5-3-6-13(12)11-14/h4,7-11,15H,2-3,5-6H2,1H3,(H,18,19,20,21)/t15-/m1/s1. The lowest BCUT2D eigenvalue weighted by Crippen LogP contribution is -2.33. The van der Waals surface area contributed by atoms with E-state index in [1.54, 1.807) is 18.5 Å². The van der Waals surface area contributed by atoms with Crippen LogP contribution >= 0.6 is 0 Å². The molecular formula is C17H19N3O2. The number of amides is 1. The molecule has 1 aliphatic carbocycles. The van der Waals surface area contributed by atoms with Gasteiger partial charge in [-0.25, -0.2) is 9.97 Å². The highest BCUT2D eigenvalue weighted by atomic mass is 16.5. The molecule has 5 nitrogen and oxygen atoms in total. The summed E-state index contributed by atoms with van der Waals surface area (Å²) in [5, 5.41) is 2.68. The van der Waals surface area contributed by atoms with E-state index in [-0.39, 0.29) is 5.91 Å². The minimum absolute atomic E-state index is 0.228. The van der Waals surface area contributed by atoms with Gasteiger partial charge in [0.25, 0.3) is 5.91 Å². The van der Waals surface area contributed by atoms with E-state index in [1.165, 1.54) is 17.5 Å². The molecule has 5 heteroatoms. The summed E-state index contributed by atoms with van der Waals surface area (Å²) < 4.78 is 5.86. The second kappa shape index (κ2) is 6.56. The number of rotatable bonds is 5. The number of nitrogens with one attached hydrogen (secondary N) is 1. The van der Waals surface area contributed by atoms with Crippen molar-refractivity contribution in [3.63, 3.8) is 0 Å². The summed E-state index contributed by atoms with van der Waals surface area (Å²) in [4.78, 5) is 20.2. The number of carbonyl (C=O) groups excluding carboxylic acids is 1. The van der Waals surface area contributed by atoms with Crippen molar-refractivity contribution in [2.75, 3.05) is 5.32 Å². The number of aryl methyl sites for hydroxylation is 2. The van der Waals surface area contributed by atoms with Crippen molar-refractivity contribution in [1.29, 1.82) is 0 Å². The summed E-state index contributed by atoms with van der Waals surface area (Å²) in [6.07, 6.45) is 6.63. The Bertz CT molecular complexity index is 658. The van der Waals surface area contributed by atoms with E-state index in [1.807, 2.05) is 13.0 Å². The lowest BCUT2D eigenvalue weighted by Gasteiger charge is -2.17. The van der Waals surface area contributed by atoms with Crippen molar-refractivity contribution in [2.24, 2.45) is 0 Å². The van der Waals surface area contributed by atoms with Crippen LogP contribution in [0.5, 0.6) is 5.75 Å². The second-order valence-corrected chi connectivity index (χ2v) is 5.36. The molecule has 0 unspecified atom stereocenters. The van der Waals surface area contributed by atoms with Crippen LogP contribution in [0.4, 0.5) is 5.95 Å². The molecule has 0 spiro atoms. The second-order valence-electron chi connectivity index (χ2n) is 5.36. The molecule has 1 aromatic heterocycles. The predicted molar refractivity (Wildman–Crippen MR) is 83.8 cm³/mol. The van der Waals surface area contributed by atoms with E-state index in [4.69, 9.17) is 4.74 Å². The van der Waals surface area contributed by atoms with Gasteiger partial charge in [0, 0.05) is 12.4 Å². The van der Waals surface area contributed by atoms with Gasteiger partial charge >= 0.3 is 0 Å². The molecule has 1 atom stereocenters. The first-order valence-electron chi connectivity index (χ1n) is 7.62. The number of anilines is 1. The maximum Gasteiger partial charge on any atom is 0.267 e. The van der Waals surface area contributed by atoms with Crippen LogP contribution in [0.1, 0.15) is 30.9 Å². The van der Waals surface area contributed by atoms with Crippen molar-refractivity contribution in [3.05, 3.63) is 47.8 Å². The van der Waals surface area contributed by atoms with Crippen molar-refractivity contribution in [1.82, 2.24) is 9.97 Å². The molecule has 22 heavy (non-hydrogen) atoms. The zero-order valence-corrected chi connectivity index (χ0v) is 12.6. The molecule has 0 fully saturated rings. The minimum atomic E-state index is -0.553. The number of nitrogens with zero attached hydrogens (tertiary/aromatic N) is 2. The normalized spacial score (nSPS) is 14.2. The van der Waals surface area contributed by atoms with Gasteiger partial charge in [0.1, 0.15) is 5.75 Å². The summed E-state index contributed by atoms with van der Waals surface area (Å²) in [5.41, 5.74) is 2.72. The Kier molecular flexibility index (Phi) is 4.32. The van der Waals surface area contributed by atoms with E-state index in [0.717, 1.165) is 18.6 Å². The van der Waals surface area contributed by atoms with Gasteiger partial charge in [-0.15, -0.1) is 0 Å². The van der Waals surface area contributed by atoms with Crippen LogP contribution in [-0.4, -0.2) is 22.0 Å². The van der Waals surface area contributed by atoms with Crippen LogP contribution in [0.3, 0.4) is 0 Å². The number of benzene rings is 1. The van der Waals surface area contributed by atoms with E-state index in [0.29, 0.717) is 12.4 Å². The molecular weight excluding hydrogens is 278 g/mol. The third kappa shape index (κ3) is 3.24. The van der Waals surface area contributed by atoms with Crippen molar-refractivity contribution < 1.29 is 9.53 Å². The Morgan fingerprint density at radius 3 is 2.82 bits per heavy atom. The summed E-state index contributed by atoms with van der Waals surface area (Å²) >= 11 is 0. The van der Waals surface area contributed by atoms with E-state index >= 15 is 0 Å². The molecule has 2 aromatic rings. The summed E-state index contributed by atoms with van der Waals surface area (Å²) in [5.74, 6) is 0.814. The third-order valence-electron chi connectivity index (χ3n) is 3.81. The first-order valence-corrected chi connectivity index (χ1v) is 7.62. The average molecular weight is 297 g/mol. The molecule has 1 aliphatic rings. The Labute approximate surface area is 129 Å². The van der Waals surface area contributed by atoms with Crippen LogP contribution in [0.25, 0.3) is 0 Å². The van der Waals surface area contributed by atoms with Gasteiger partial charge < -0.3 is 4.74 Å². The average Bonchev–Trinajstić information content (AvgIpc) is 3.01. The molecule has 0 saturated heterocycles. The number of hydrogen-bond donors (Lipinski definition) is 1. The molecule has 0 radical (unpaired) electrons. The number of carbonyl (C=O) groups is 1. The van der Waals surface area contributed by atoms with Crippen LogP contribution in [0, 0.1) is 0 Å². The Morgan fingerprint density at radius 2 is 2.05 bits per heavy atom. The lowest BCUT2D eigenvalue weighted by molar-refractivity contribution is -0.122. The number of aromatic nitrogens is 2.